The molecule has 5 rings (SSSR count). The number of nitrogens with zero attached hydrogens (tertiary/aromatic N) is 3. The number of hydrogen-bond acceptors (Lipinski definition) is 3. The summed E-state index contributed by atoms with van der Waals surface area (Å²) < 4.78 is 2.58. The lowest BCUT2D eigenvalue weighted by Gasteiger charge is -2.25. The van der Waals surface area contributed by atoms with Gasteiger partial charge in [0.1, 0.15) is 5.82 Å². The summed E-state index contributed by atoms with van der Waals surface area (Å²) in [7, 11) is 0. The number of amides is 2. The highest BCUT2D eigenvalue weighted by atomic mass is 79.9. The second-order valence-corrected chi connectivity index (χ2v) is 10.7. The van der Waals surface area contributed by atoms with Gasteiger partial charge in [-0.15, -0.1) is 0 Å². The molecule has 0 saturated carbocycles. The third-order valence-corrected chi connectivity index (χ3v) is 6.88. The Morgan fingerprint density at radius 3 is 2.50 bits per heavy atom. The highest BCUT2D eigenvalue weighted by Gasteiger charge is 2.19. The van der Waals surface area contributed by atoms with Crippen molar-refractivity contribution in [1.29, 1.82) is 0 Å². The molecule has 0 saturated heterocycles. The van der Waals surface area contributed by atoms with Crippen LogP contribution in [0.5, 0.6) is 0 Å². The van der Waals surface area contributed by atoms with Gasteiger partial charge in [0.2, 0.25) is 0 Å². The van der Waals surface area contributed by atoms with Crippen LogP contribution in [-0.2, 0) is 6.42 Å². The SMILES string of the molecule is CC(C)CN(CCc1nc2ccccc2c(=O)n1-c1ccc2ccccc2c1)C(=O)Nc1cccc(Br)c1. The molecule has 4 aromatic carbocycles. The fourth-order valence-electron chi connectivity index (χ4n) is 4.65. The van der Waals surface area contributed by atoms with Gasteiger partial charge in [0.15, 0.2) is 0 Å². The zero-order chi connectivity index (χ0) is 26.6. The van der Waals surface area contributed by atoms with E-state index in [0.29, 0.717) is 36.2 Å². The summed E-state index contributed by atoms with van der Waals surface area (Å²) in [5.74, 6) is 0.892. The maximum absolute atomic E-state index is 13.7. The lowest BCUT2D eigenvalue weighted by Crippen LogP contribution is -2.39. The van der Waals surface area contributed by atoms with E-state index >= 15 is 0 Å². The van der Waals surface area contributed by atoms with Crippen LogP contribution in [0, 0.1) is 5.92 Å². The van der Waals surface area contributed by atoms with Crippen molar-refractivity contribution in [3.05, 3.63) is 112 Å². The highest BCUT2D eigenvalue weighted by molar-refractivity contribution is 9.10. The molecule has 1 heterocycles. The first kappa shape index (κ1) is 25.7. The van der Waals surface area contributed by atoms with Gasteiger partial charge in [-0.2, -0.15) is 0 Å². The molecule has 0 spiro atoms. The largest absolute Gasteiger partial charge is 0.324 e. The molecule has 0 aliphatic carbocycles. The number of rotatable bonds is 7. The Morgan fingerprint density at radius 2 is 1.71 bits per heavy atom. The number of fused-ring (bicyclic) bond motifs is 2. The average Bonchev–Trinajstić information content (AvgIpc) is 2.90. The second-order valence-electron chi connectivity index (χ2n) is 9.75. The summed E-state index contributed by atoms with van der Waals surface area (Å²) in [6.45, 7) is 5.15. The van der Waals surface area contributed by atoms with E-state index in [1.165, 1.54) is 0 Å². The van der Waals surface area contributed by atoms with Gasteiger partial charge in [-0.1, -0.05) is 78.3 Å². The van der Waals surface area contributed by atoms with Crippen LogP contribution in [0.15, 0.2) is 100 Å². The molecule has 0 unspecified atom stereocenters. The Bertz CT molecular complexity index is 1680. The molecule has 192 valence electrons. The first-order chi connectivity index (χ1) is 18.4. The predicted molar refractivity (Wildman–Crippen MR) is 158 cm³/mol. The van der Waals surface area contributed by atoms with Crippen LogP contribution in [-0.4, -0.2) is 33.6 Å². The quantitative estimate of drug-likeness (QED) is 0.229. The first-order valence-corrected chi connectivity index (χ1v) is 13.5. The van der Waals surface area contributed by atoms with Crippen molar-refractivity contribution in [3.63, 3.8) is 0 Å². The van der Waals surface area contributed by atoms with Crippen molar-refractivity contribution in [3.8, 4) is 5.69 Å². The molecule has 2 amide bonds. The number of aromatic nitrogens is 2. The summed E-state index contributed by atoms with van der Waals surface area (Å²) in [5.41, 5.74) is 2.01. The second kappa shape index (κ2) is 11.2. The van der Waals surface area contributed by atoms with E-state index < -0.39 is 0 Å². The number of para-hydroxylation sites is 1. The molecule has 38 heavy (non-hydrogen) atoms. The number of carbonyl (C=O) groups excluding carboxylic acids is 1. The Kier molecular flexibility index (Phi) is 7.56. The van der Waals surface area contributed by atoms with Gasteiger partial charge in [-0.25, -0.2) is 9.78 Å². The minimum Gasteiger partial charge on any atom is -0.324 e. The van der Waals surface area contributed by atoms with Crippen molar-refractivity contribution in [1.82, 2.24) is 14.5 Å². The fraction of sp³-hybridized carbons (Fsp3) is 0.194. The summed E-state index contributed by atoms with van der Waals surface area (Å²) in [6.07, 6.45) is 0.422. The molecule has 0 aliphatic heterocycles. The van der Waals surface area contributed by atoms with E-state index in [0.717, 1.165) is 26.6 Å². The lowest BCUT2D eigenvalue weighted by atomic mass is 10.1. The number of urea groups is 1. The van der Waals surface area contributed by atoms with Crippen molar-refractivity contribution in [2.24, 2.45) is 5.92 Å². The molecular formula is C31H29BrN4O2. The van der Waals surface area contributed by atoms with Crippen molar-refractivity contribution >= 4 is 49.3 Å². The minimum atomic E-state index is -0.183. The standard InChI is InChI=1S/C31H29BrN4O2/c1-21(2)20-35(31(38)33-25-11-7-10-24(32)19-25)17-16-29-34-28-13-6-5-12-27(28)30(37)36(29)26-15-14-22-8-3-4-9-23(22)18-26/h3-15,18-19,21H,16-17,20H2,1-2H3,(H,33,38). The topological polar surface area (TPSA) is 67.2 Å². The smallest absolute Gasteiger partial charge is 0.321 e. The lowest BCUT2D eigenvalue weighted by molar-refractivity contribution is 0.205. The van der Waals surface area contributed by atoms with E-state index in [2.05, 4.69) is 41.2 Å². The van der Waals surface area contributed by atoms with Crippen LogP contribution in [0.1, 0.15) is 19.7 Å². The predicted octanol–water partition coefficient (Wildman–Crippen LogP) is 7.03. The normalized spacial score (nSPS) is 11.3. The van der Waals surface area contributed by atoms with Crippen LogP contribution in [0.3, 0.4) is 0 Å². The maximum Gasteiger partial charge on any atom is 0.321 e. The minimum absolute atomic E-state index is 0.116. The van der Waals surface area contributed by atoms with Crippen molar-refractivity contribution in [2.45, 2.75) is 20.3 Å². The van der Waals surface area contributed by atoms with Crippen LogP contribution < -0.4 is 10.9 Å². The third-order valence-electron chi connectivity index (χ3n) is 6.39. The molecule has 7 heteroatoms. The summed E-state index contributed by atoms with van der Waals surface area (Å²) in [4.78, 5) is 33.7. The molecule has 0 radical (unpaired) electrons. The molecule has 1 aromatic heterocycles. The maximum atomic E-state index is 13.7. The van der Waals surface area contributed by atoms with Crippen molar-refractivity contribution in [2.75, 3.05) is 18.4 Å². The molecule has 5 aromatic rings. The van der Waals surface area contributed by atoms with E-state index in [-0.39, 0.29) is 17.5 Å². The number of halogens is 1. The van der Waals surface area contributed by atoms with Gasteiger partial charge < -0.3 is 10.2 Å². The summed E-state index contributed by atoms with van der Waals surface area (Å²) in [5, 5.41) is 5.72. The van der Waals surface area contributed by atoms with Crippen LogP contribution >= 0.6 is 15.9 Å². The molecule has 0 aliphatic rings. The van der Waals surface area contributed by atoms with E-state index in [1.54, 1.807) is 9.47 Å². The van der Waals surface area contributed by atoms with Gasteiger partial charge in [0.05, 0.1) is 16.6 Å². The highest BCUT2D eigenvalue weighted by Crippen LogP contribution is 2.21. The average molecular weight is 570 g/mol. The molecule has 0 fully saturated rings. The molecule has 0 bridgehead atoms. The number of benzene rings is 4. The molecular weight excluding hydrogens is 540 g/mol. The van der Waals surface area contributed by atoms with Gasteiger partial charge in [-0.05, 0) is 59.2 Å². The summed E-state index contributed by atoms with van der Waals surface area (Å²) >= 11 is 3.46. The number of anilines is 1. The molecule has 0 atom stereocenters. The first-order valence-electron chi connectivity index (χ1n) is 12.7. The molecule has 6 nitrogen and oxygen atoms in total. The third kappa shape index (κ3) is 5.63. The van der Waals surface area contributed by atoms with Gasteiger partial charge >= 0.3 is 6.03 Å². The van der Waals surface area contributed by atoms with Crippen LogP contribution in [0.4, 0.5) is 10.5 Å². The summed E-state index contributed by atoms with van der Waals surface area (Å²) in [6, 6.07) is 28.8. The fourth-order valence-corrected chi connectivity index (χ4v) is 5.05. The number of hydrogen-bond donors (Lipinski definition) is 1. The van der Waals surface area contributed by atoms with Crippen molar-refractivity contribution < 1.29 is 4.79 Å². The van der Waals surface area contributed by atoms with Crippen LogP contribution in [0.2, 0.25) is 0 Å². The van der Waals surface area contributed by atoms with Crippen LogP contribution in [0.25, 0.3) is 27.4 Å². The monoisotopic (exact) mass is 568 g/mol. The zero-order valence-corrected chi connectivity index (χ0v) is 23.0. The Morgan fingerprint density at radius 1 is 0.947 bits per heavy atom. The Balaban J connectivity index is 1.51. The molecule has 1 N–H and O–H groups in total. The Hall–Kier alpha value is -3.97. The number of carbonyl (C=O) groups is 1. The Labute approximate surface area is 230 Å². The van der Waals surface area contributed by atoms with Gasteiger partial charge in [0.25, 0.3) is 5.56 Å². The van der Waals surface area contributed by atoms with E-state index in [9.17, 15) is 9.59 Å². The zero-order valence-electron chi connectivity index (χ0n) is 21.4. The van der Waals surface area contributed by atoms with E-state index in [1.807, 2.05) is 84.9 Å². The van der Waals surface area contributed by atoms with Gasteiger partial charge in [0, 0.05) is 29.7 Å². The van der Waals surface area contributed by atoms with E-state index in [4.69, 9.17) is 4.98 Å². The number of nitrogens with one attached hydrogen (secondary N) is 1. The van der Waals surface area contributed by atoms with Gasteiger partial charge in [-0.3, -0.25) is 9.36 Å².